The second-order valence-electron chi connectivity index (χ2n) is 4.46. The fourth-order valence-electron chi connectivity index (χ4n) is 2.39. The highest BCUT2D eigenvalue weighted by atomic mass is 16.5. The lowest BCUT2D eigenvalue weighted by molar-refractivity contribution is 0.0620. The Labute approximate surface area is 107 Å². The molecule has 1 aromatic rings. The van der Waals surface area contributed by atoms with Crippen molar-refractivity contribution in [2.45, 2.75) is 25.3 Å². The van der Waals surface area contributed by atoms with Gasteiger partial charge in [-0.15, -0.1) is 0 Å². The van der Waals surface area contributed by atoms with Crippen molar-refractivity contribution in [2.75, 3.05) is 20.2 Å². The molecule has 2 rings (SSSR count). The van der Waals surface area contributed by atoms with Crippen molar-refractivity contribution in [2.24, 2.45) is 5.73 Å². The van der Waals surface area contributed by atoms with Crippen LogP contribution in [0, 0.1) is 0 Å². The molecule has 2 heterocycles. The van der Waals surface area contributed by atoms with Crippen LogP contribution in [0.1, 0.15) is 29.6 Å². The van der Waals surface area contributed by atoms with Crippen LogP contribution in [0.3, 0.4) is 0 Å². The molecule has 1 amide bonds. The van der Waals surface area contributed by atoms with Gasteiger partial charge in [0, 0.05) is 25.3 Å². The second-order valence-corrected chi connectivity index (χ2v) is 4.46. The van der Waals surface area contributed by atoms with Gasteiger partial charge in [0.2, 0.25) is 0 Å². The van der Waals surface area contributed by atoms with Crippen LogP contribution in [0.15, 0.2) is 18.5 Å². The van der Waals surface area contributed by atoms with Crippen molar-refractivity contribution >= 4 is 5.91 Å². The third kappa shape index (κ3) is 2.46. The Morgan fingerprint density at radius 1 is 1.61 bits per heavy atom. The zero-order valence-corrected chi connectivity index (χ0v) is 10.6. The third-order valence-corrected chi connectivity index (χ3v) is 3.39. The molecular weight excluding hydrogens is 230 g/mol. The average molecular weight is 249 g/mol. The summed E-state index contributed by atoms with van der Waals surface area (Å²) in [5, 5.41) is 0. The number of hydrogen-bond donors (Lipinski definition) is 1. The summed E-state index contributed by atoms with van der Waals surface area (Å²) in [6.45, 7) is 1.28. The summed E-state index contributed by atoms with van der Waals surface area (Å²) in [7, 11) is 1.55. The van der Waals surface area contributed by atoms with E-state index in [1.54, 1.807) is 25.6 Å². The van der Waals surface area contributed by atoms with E-state index in [0.717, 1.165) is 25.8 Å². The monoisotopic (exact) mass is 249 g/mol. The van der Waals surface area contributed by atoms with E-state index in [1.165, 1.54) is 0 Å². The van der Waals surface area contributed by atoms with Gasteiger partial charge in [-0.2, -0.15) is 0 Å². The summed E-state index contributed by atoms with van der Waals surface area (Å²) in [4.78, 5) is 18.3. The topological polar surface area (TPSA) is 68.5 Å². The molecule has 0 aromatic carbocycles. The molecule has 5 heteroatoms. The molecule has 98 valence electrons. The van der Waals surface area contributed by atoms with Gasteiger partial charge in [0.1, 0.15) is 5.75 Å². The van der Waals surface area contributed by atoms with E-state index >= 15 is 0 Å². The number of carbonyl (C=O) groups excluding carboxylic acids is 1. The van der Waals surface area contributed by atoms with Crippen molar-refractivity contribution in [3.8, 4) is 5.75 Å². The Morgan fingerprint density at radius 2 is 2.44 bits per heavy atom. The molecule has 1 atom stereocenters. The first-order valence-electron chi connectivity index (χ1n) is 6.27. The van der Waals surface area contributed by atoms with Crippen LogP contribution in [-0.2, 0) is 0 Å². The molecule has 0 bridgehead atoms. The molecule has 1 aromatic heterocycles. The number of rotatable bonds is 3. The van der Waals surface area contributed by atoms with Crippen LogP contribution in [-0.4, -0.2) is 42.0 Å². The molecule has 5 nitrogen and oxygen atoms in total. The van der Waals surface area contributed by atoms with E-state index in [4.69, 9.17) is 10.5 Å². The molecule has 1 unspecified atom stereocenters. The highest BCUT2D eigenvalue weighted by Crippen LogP contribution is 2.23. The minimum absolute atomic E-state index is 0.00981. The zero-order chi connectivity index (χ0) is 13.0. The Bertz CT molecular complexity index is 422. The fraction of sp³-hybridized carbons (Fsp3) is 0.538. The van der Waals surface area contributed by atoms with E-state index in [-0.39, 0.29) is 11.9 Å². The third-order valence-electron chi connectivity index (χ3n) is 3.39. The van der Waals surface area contributed by atoms with Crippen LogP contribution in [0.4, 0.5) is 0 Å². The lowest BCUT2D eigenvalue weighted by Crippen LogP contribution is -2.47. The summed E-state index contributed by atoms with van der Waals surface area (Å²) >= 11 is 0. The number of piperidine rings is 1. The number of carbonyl (C=O) groups is 1. The number of aromatic nitrogens is 1. The van der Waals surface area contributed by atoms with Crippen LogP contribution < -0.4 is 10.5 Å². The van der Waals surface area contributed by atoms with Gasteiger partial charge in [0.15, 0.2) is 0 Å². The van der Waals surface area contributed by atoms with Crippen LogP contribution >= 0.6 is 0 Å². The lowest BCUT2D eigenvalue weighted by Gasteiger charge is -2.35. The first-order chi connectivity index (χ1) is 8.77. The minimum Gasteiger partial charge on any atom is -0.494 e. The van der Waals surface area contributed by atoms with Gasteiger partial charge < -0.3 is 15.4 Å². The summed E-state index contributed by atoms with van der Waals surface area (Å²) < 4.78 is 5.18. The van der Waals surface area contributed by atoms with Gasteiger partial charge in [0.25, 0.3) is 5.91 Å². The number of amides is 1. The molecule has 1 saturated heterocycles. The number of ether oxygens (including phenoxy) is 1. The summed E-state index contributed by atoms with van der Waals surface area (Å²) in [6.07, 6.45) is 6.33. The standard InChI is InChI=1S/C13H19N3O2/c1-18-12-9-15-6-5-11(12)13(17)16-7-3-2-4-10(16)8-14/h5-6,9-10H,2-4,7-8,14H2,1H3. The molecule has 1 aliphatic rings. The normalized spacial score (nSPS) is 19.7. The van der Waals surface area contributed by atoms with E-state index in [1.807, 2.05) is 4.90 Å². The van der Waals surface area contributed by atoms with Crippen LogP contribution in [0.2, 0.25) is 0 Å². The SMILES string of the molecule is COc1cnccc1C(=O)N1CCCCC1CN. The van der Waals surface area contributed by atoms with Gasteiger partial charge in [-0.1, -0.05) is 0 Å². The van der Waals surface area contributed by atoms with Gasteiger partial charge in [-0.05, 0) is 25.3 Å². The average Bonchev–Trinajstić information content (AvgIpc) is 2.46. The Hall–Kier alpha value is -1.62. The van der Waals surface area contributed by atoms with E-state index < -0.39 is 0 Å². The largest absolute Gasteiger partial charge is 0.494 e. The van der Waals surface area contributed by atoms with Crippen molar-refractivity contribution < 1.29 is 9.53 Å². The number of nitrogens with two attached hydrogens (primary N) is 1. The Kier molecular flexibility index (Phi) is 4.15. The number of likely N-dealkylation sites (tertiary alicyclic amines) is 1. The highest BCUT2D eigenvalue weighted by Gasteiger charge is 2.27. The lowest BCUT2D eigenvalue weighted by atomic mass is 10.0. The molecular formula is C13H19N3O2. The molecule has 1 fully saturated rings. The summed E-state index contributed by atoms with van der Waals surface area (Å²) in [6, 6.07) is 1.84. The van der Waals surface area contributed by atoms with Gasteiger partial charge in [0.05, 0.1) is 18.9 Å². The van der Waals surface area contributed by atoms with Crippen molar-refractivity contribution in [1.82, 2.24) is 9.88 Å². The molecule has 0 spiro atoms. The molecule has 18 heavy (non-hydrogen) atoms. The highest BCUT2D eigenvalue weighted by molar-refractivity contribution is 5.97. The van der Waals surface area contributed by atoms with Gasteiger partial charge in [-0.3, -0.25) is 9.78 Å². The molecule has 0 saturated carbocycles. The second kappa shape index (κ2) is 5.82. The minimum atomic E-state index is -0.00981. The summed E-state index contributed by atoms with van der Waals surface area (Å²) in [5.74, 6) is 0.508. The predicted octanol–water partition coefficient (Wildman–Crippen LogP) is 1.04. The Balaban J connectivity index is 2.24. The molecule has 2 N–H and O–H groups in total. The van der Waals surface area contributed by atoms with Crippen molar-refractivity contribution in [1.29, 1.82) is 0 Å². The smallest absolute Gasteiger partial charge is 0.258 e. The van der Waals surface area contributed by atoms with Crippen LogP contribution in [0.5, 0.6) is 5.75 Å². The fourth-order valence-corrected chi connectivity index (χ4v) is 2.39. The number of methoxy groups -OCH3 is 1. The number of hydrogen-bond acceptors (Lipinski definition) is 4. The van der Waals surface area contributed by atoms with Gasteiger partial charge >= 0.3 is 0 Å². The number of pyridine rings is 1. The maximum Gasteiger partial charge on any atom is 0.258 e. The van der Waals surface area contributed by atoms with E-state index in [0.29, 0.717) is 17.9 Å². The predicted molar refractivity (Wildman–Crippen MR) is 68.5 cm³/mol. The Morgan fingerprint density at radius 3 is 3.17 bits per heavy atom. The van der Waals surface area contributed by atoms with Crippen molar-refractivity contribution in [3.05, 3.63) is 24.0 Å². The maximum absolute atomic E-state index is 12.5. The summed E-state index contributed by atoms with van der Waals surface area (Å²) in [5.41, 5.74) is 6.31. The zero-order valence-electron chi connectivity index (χ0n) is 10.6. The first kappa shape index (κ1) is 12.8. The van der Waals surface area contributed by atoms with E-state index in [9.17, 15) is 4.79 Å². The molecule has 1 aliphatic heterocycles. The molecule has 0 radical (unpaired) electrons. The van der Waals surface area contributed by atoms with Crippen molar-refractivity contribution in [3.63, 3.8) is 0 Å². The van der Waals surface area contributed by atoms with Crippen LogP contribution in [0.25, 0.3) is 0 Å². The number of nitrogens with zero attached hydrogens (tertiary/aromatic N) is 2. The van der Waals surface area contributed by atoms with Gasteiger partial charge in [-0.25, -0.2) is 0 Å². The first-order valence-corrected chi connectivity index (χ1v) is 6.27. The maximum atomic E-state index is 12.5. The van der Waals surface area contributed by atoms with E-state index in [2.05, 4.69) is 4.98 Å². The molecule has 0 aliphatic carbocycles. The quantitative estimate of drug-likeness (QED) is 0.869.